The lowest BCUT2D eigenvalue weighted by molar-refractivity contribution is 0.0527. The fourth-order valence-corrected chi connectivity index (χ4v) is 2.97. The van der Waals surface area contributed by atoms with Gasteiger partial charge in [0.25, 0.3) is 0 Å². The third-order valence-corrected chi connectivity index (χ3v) is 4.32. The van der Waals surface area contributed by atoms with Gasteiger partial charge in [0.1, 0.15) is 5.56 Å². The highest BCUT2D eigenvalue weighted by Gasteiger charge is 2.18. The Labute approximate surface area is 154 Å². The number of nitrogens with one attached hydrogen (secondary N) is 1. The zero-order valence-corrected chi connectivity index (χ0v) is 15.2. The number of nitrogens with zero attached hydrogens (tertiary/aromatic N) is 3. The fourth-order valence-electron chi connectivity index (χ4n) is 2.50. The molecule has 3 aromatic rings. The number of esters is 1. The lowest BCUT2D eigenvalue weighted by Gasteiger charge is -2.13. The first-order chi connectivity index (χ1) is 12.0. The zero-order valence-electron chi connectivity index (χ0n) is 13.7. The van der Waals surface area contributed by atoms with Gasteiger partial charge in [-0.05, 0) is 24.6 Å². The number of halogens is 2. The molecular weight excluding hydrogens is 363 g/mol. The number of anilines is 1. The van der Waals surface area contributed by atoms with E-state index in [0.717, 1.165) is 10.9 Å². The van der Waals surface area contributed by atoms with Crippen LogP contribution in [0.4, 0.5) is 5.69 Å². The first-order valence-electron chi connectivity index (χ1n) is 7.67. The van der Waals surface area contributed by atoms with E-state index in [1.165, 1.54) is 6.20 Å². The van der Waals surface area contributed by atoms with Crippen LogP contribution in [0.2, 0.25) is 10.0 Å². The molecule has 25 heavy (non-hydrogen) atoms. The van der Waals surface area contributed by atoms with Crippen molar-refractivity contribution in [3.63, 3.8) is 0 Å². The molecule has 1 aromatic carbocycles. The molecule has 3 rings (SSSR count). The summed E-state index contributed by atoms with van der Waals surface area (Å²) in [4.78, 5) is 16.6. The molecule has 0 aliphatic rings. The Bertz CT molecular complexity index is 940. The number of fused-ring (bicyclic) bond motifs is 1. The summed E-state index contributed by atoms with van der Waals surface area (Å²) in [5.41, 5.74) is 2.49. The van der Waals surface area contributed by atoms with Gasteiger partial charge in [0.05, 0.1) is 23.9 Å². The maximum absolute atomic E-state index is 12.3. The molecule has 130 valence electrons. The second kappa shape index (κ2) is 7.29. The summed E-state index contributed by atoms with van der Waals surface area (Å²) in [7, 11) is 1.79. The van der Waals surface area contributed by atoms with E-state index in [1.54, 1.807) is 37.0 Å². The van der Waals surface area contributed by atoms with Gasteiger partial charge in [0, 0.05) is 29.8 Å². The van der Waals surface area contributed by atoms with Crippen molar-refractivity contribution in [2.45, 2.75) is 13.5 Å². The minimum absolute atomic E-state index is 0.284. The van der Waals surface area contributed by atoms with Gasteiger partial charge in [0.15, 0.2) is 5.65 Å². The van der Waals surface area contributed by atoms with E-state index in [4.69, 9.17) is 27.9 Å². The third-order valence-electron chi connectivity index (χ3n) is 3.73. The summed E-state index contributed by atoms with van der Waals surface area (Å²) >= 11 is 12.2. The van der Waals surface area contributed by atoms with Crippen LogP contribution in [0, 0.1) is 0 Å². The van der Waals surface area contributed by atoms with Crippen LogP contribution >= 0.6 is 23.2 Å². The lowest BCUT2D eigenvalue weighted by atomic mass is 10.1. The highest BCUT2D eigenvalue weighted by atomic mass is 35.5. The van der Waals surface area contributed by atoms with E-state index in [0.29, 0.717) is 33.5 Å². The SMILES string of the molecule is CCOC(=O)c1cnc2c(cnn2C)c1NCc1ccc(Cl)cc1Cl. The maximum Gasteiger partial charge on any atom is 0.341 e. The summed E-state index contributed by atoms with van der Waals surface area (Å²) in [6.07, 6.45) is 3.16. The molecule has 0 bridgehead atoms. The number of aryl methyl sites for hydroxylation is 1. The third kappa shape index (κ3) is 3.55. The Morgan fingerprint density at radius 2 is 2.12 bits per heavy atom. The van der Waals surface area contributed by atoms with Crippen molar-refractivity contribution in [2.24, 2.45) is 7.05 Å². The van der Waals surface area contributed by atoms with E-state index in [2.05, 4.69) is 15.4 Å². The number of aromatic nitrogens is 3. The van der Waals surface area contributed by atoms with Crippen LogP contribution in [-0.4, -0.2) is 27.3 Å². The minimum atomic E-state index is -0.439. The summed E-state index contributed by atoms with van der Waals surface area (Å²) < 4.78 is 6.77. The monoisotopic (exact) mass is 378 g/mol. The van der Waals surface area contributed by atoms with Crippen LogP contribution in [-0.2, 0) is 18.3 Å². The van der Waals surface area contributed by atoms with Gasteiger partial charge in [-0.3, -0.25) is 4.68 Å². The van der Waals surface area contributed by atoms with Crippen LogP contribution in [0.25, 0.3) is 11.0 Å². The quantitative estimate of drug-likeness (QED) is 0.677. The molecule has 0 atom stereocenters. The molecule has 0 aliphatic carbocycles. The molecule has 2 aromatic heterocycles. The van der Waals surface area contributed by atoms with Gasteiger partial charge in [-0.15, -0.1) is 0 Å². The number of ether oxygens (including phenoxy) is 1. The predicted molar refractivity (Wildman–Crippen MR) is 98.3 cm³/mol. The smallest absolute Gasteiger partial charge is 0.341 e. The molecular formula is C17H16Cl2N4O2. The molecule has 0 fully saturated rings. The van der Waals surface area contributed by atoms with Crippen LogP contribution in [0.5, 0.6) is 0 Å². The minimum Gasteiger partial charge on any atom is -0.462 e. The maximum atomic E-state index is 12.3. The summed E-state index contributed by atoms with van der Waals surface area (Å²) in [5, 5.41) is 9.32. The topological polar surface area (TPSA) is 69.0 Å². The number of pyridine rings is 1. The van der Waals surface area contributed by atoms with Crippen molar-refractivity contribution in [1.82, 2.24) is 14.8 Å². The van der Waals surface area contributed by atoms with Crippen molar-refractivity contribution in [2.75, 3.05) is 11.9 Å². The molecule has 0 radical (unpaired) electrons. The molecule has 0 saturated heterocycles. The molecule has 6 nitrogen and oxygen atoms in total. The van der Waals surface area contributed by atoms with Crippen molar-refractivity contribution in [3.8, 4) is 0 Å². The van der Waals surface area contributed by atoms with Crippen molar-refractivity contribution < 1.29 is 9.53 Å². The second-order valence-corrected chi connectivity index (χ2v) is 6.21. The van der Waals surface area contributed by atoms with Crippen LogP contribution in [0.1, 0.15) is 22.8 Å². The van der Waals surface area contributed by atoms with Crippen LogP contribution in [0.15, 0.2) is 30.6 Å². The van der Waals surface area contributed by atoms with E-state index in [9.17, 15) is 4.79 Å². The van der Waals surface area contributed by atoms with E-state index >= 15 is 0 Å². The molecule has 0 aliphatic heterocycles. The van der Waals surface area contributed by atoms with Gasteiger partial charge in [-0.25, -0.2) is 9.78 Å². The van der Waals surface area contributed by atoms with Gasteiger partial charge in [-0.1, -0.05) is 29.3 Å². The molecule has 0 saturated carbocycles. The average Bonchev–Trinajstić information content (AvgIpc) is 2.95. The van der Waals surface area contributed by atoms with E-state index in [1.807, 2.05) is 6.07 Å². The standard InChI is InChI=1S/C17H16Cl2N4O2/c1-3-25-17(24)13-8-21-16-12(9-22-23(16)2)15(13)20-7-10-4-5-11(18)6-14(10)19/h4-6,8-9H,3,7H2,1-2H3,(H,20,21). The zero-order chi connectivity index (χ0) is 18.0. The van der Waals surface area contributed by atoms with Gasteiger partial charge >= 0.3 is 5.97 Å². The number of carbonyl (C=O) groups is 1. The van der Waals surface area contributed by atoms with Crippen LogP contribution < -0.4 is 5.32 Å². The number of hydrogen-bond acceptors (Lipinski definition) is 5. The first-order valence-corrected chi connectivity index (χ1v) is 8.42. The first kappa shape index (κ1) is 17.5. The van der Waals surface area contributed by atoms with Gasteiger partial charge in [0.2, 0.25) is 0 Å². The molecule has 1 N–H and O–H groups in total. The Morgan fingerprint density at radius 3 is 2.84 bits per heavy atom. The number of carbonyl (C=O) groups excluding carboxylic acids is 1. The fraction of sp³-hybridized carbons (Fsp3) is 0.235. The normalized spacial score (nSPS) is 10.9. The number of rotatable bonds is 5. The Morgan fingerprint density at radius 1 is 1.32 bits per heavy atom. The lowest BCUT2D eigenvalue weighted by Crippen LogP contribution is -2.11. The molecule has 0 unspecified atom stereocenters. The largest absolute Gasteiger partial charge is 0.462 e. The molecule has 0 amide bonds. The predicted octanol–water partition coefficient (Wildman–Crippen LogP) is 4.06. The Kier molecular flexibility index (Phi) is 5.11. The Balaban J connectivity index is 2.00. The molecule has 8 heteroatoms. The summed E-state index contributed by atoms with van der Waals surface area (Å²) in [6, 6.07) is 5.28. The van der Waals surface area contributed by atoms with E-state index in [-0.39, 0.29) is 6.61 Å². The average molecular weight is 379 g/mol. The van der Waals surface area contributed by atoms with Gasteiger partial charge < -0.3 is 10.1 Å². The highest BCUT2D eigenvalue weighted by molar-refractivity contribution is 6.35. The second-order valence-electron chi connectivity index (χ2n) is 5.36. The van der Waals surface area contributed by atoms with Crippen molar-refractivity contribution >= 4 is 45.9 Å². The molecule has 2 heterocycles. The molecule has 0 spiro atoms. The highest BCUT2D eigenvalue weighted by Crippen LogP contribution is 2.28. The van der Waals surface area contributed by atoms with Crippen LogP contribution in [0.3, 0.4) is 0 Å². The number of benzene rings is 1. The summed E-state index contributed by atoms with van der Waals surface area (Å²) in [5.74, 6) is -0.439. The van der Waals surface area contributed by atoms with Crippen molar-refractivity contribution in [1.29, 1.82) is 0 Å². The van der Waals surface area contributed by atoms with Gasteiger partial charge in [-0.2, -0.15) is 5.10 Å². The number of hydrogen-bond donors (Lipinski definition) is 1. The van der Waals surface area contributed by atoms with Crippen molar-refractivity contribution in [3.05, 3.63) is 51.8 Å². The van der Waals surface area contributed by atoms with E-state index < -0.39 is 5.97 Å². The Hall–Kier alpha value is -2.31. The summed E-state index contributed by atoms with van der Waals surface area (Å²) in [6.45, 7) is 2.46.